The number of primary sulfonamides is 1. The van der Waals surface area contributed by atoms with Crippen LogP contribution in [0.2, 0.25) is 0 Å². The number of fused-ring (bicyclic) bond motifs is 1. The number of furan rings is 1. The Balaban J connectivity index is 1.70. The lowest BCUT2D eigenvalue weighted by atomic mass is 10.2. The Morgan fingerprint density at radius 2 is 1.83 bits per heavy atom. The van der Waals surface area contributed by atoms with Crippen LogP contribution in [0.5, 0.6) is 0 Å². The molecular formula is C17H16N2O4S. The van der Waals surface area contributed by atoms with E-state index in [2.05, 4.69) is 5.32 Å². The number of rotatable bonds is 4. The Hall–Kier alpha value is -2.64. The minimum absolute atomic E-state index is 0.0326. The molecule has 0 atom stereocenters. The summed E-state index contributed by atoms with van der Waals surface area (Å²) in [5.41, 5.74) is 2.47. The van der Waals surface area contributed by atoms with Crippen LogP contribution in [0.1, 0.15) is 21.7 Å². The fraction of sp³-hybridized carbons (Fsp3) is 0.118. The summed E-state index contributed by atoms with van der Waals surface area (Å²) in [6, 6.07) is 13.4. The monoisotopic (exact) mass is 344 g/mol. The van der Waals surface area contributed by atoms with Crippen molar-refractivity contribution >= 4 is 26.9 Å². The molecule has 0 aliphatic rings. The Morgan fingerprint density at radius 1 is 1.12 bits per heavy atom. The van der Waals surface area contributed by atoms with Crippen molar-refractivity contribution in [1.82, 2.24) is 5.32 Å². The van der Waals surface area contributed by atoms with Crippen LogP contribution >= 0.6 is 0 Å². The second-order valence-corrected chi connectivity index (χ2v) is 7.08. The molecule has 6 nitrogen and oxygen atoms in total. The molecule has 0 unspecified atom stereocenters. The zero-order valence-corrected chi connectivity index (χ0v) is 13.8. The zero-order chi connectivity index (χ0) is 17.3. The summed E-state index contributed by atoms with van der Waals surface area (Å²) >= 11 is 0. The second-order valence-electron chi connectivity index (χ2n) is 5.52. The van der Waals surface area contributed by atoms with Gasteiger partial charge in [-0.2, -0.15) is 0 Å². The first-order valence-electron chi connectivity index (χ1n) is 7.23. The van der Waals surface area contributed by atoms with Gasteiger partial charge in [-0.05, 0) is 42.3 Å². The second kappa shape index (κ2) is 6.10. The predicted molar refractivity (Wildman–Crippen MR) is 89.9 cm³/mol. The molecule has 1 aromatic heterocycles. The van der Waals surface area contributed by atoms with Crippen LogP contribution in [0.25, 0.3) is 11.0 Å². The van der Waals surface area contributed by atoms with Crippen molar-refractivity contribution in [2.24, 2.45) is 5.14 Å². The maximum absolute atomic E-state index is 12.2. The van der Waals surface area contributed by atoms with E-state index in [1.807, 2.05) is 25.1 Å². The van der Waals surface area contributed by atoms with Crippen LogP contribution in [0, 0.1) is 6.92 Å². The number of benzene rings is 2. The highest BCUT2D eigenvalue weighted by atomic mass is 32.2. The molecule has 1 heterocycles. The fourth-order valence-electron chi connectivity index (χ4n) is 2.32. The average molecular weight is 344 g/mol. The molecule has 3 aromatic rings. The van der Waals surface area contributed by atoms with Crippen LogP contribution in [0.15, 0.2) is 57.8 Å². The molecule has 0 aliphatic heterocycles. The largest absolute Gasteiger partial charge is 0.451 e. The summed E-state index contributed by atoms with van der Waals surface area (Å²) in [4.78, 5) is 12.2. The van der Waals surface area contributed by atoms with Crippen LogP contribution in [0.4, 0.5) is 0 Å². The molecule has 2 aromatic carbocycles. The summed E-state index contributed by atoms with van der Waals surface area (Å²) in [5.74, 6) is -0.101. The van der Waals surface area contributed by atoms with Gasteiger partial charge in [0.05, 0.1) is 4.90 Å². The number of sulfonamides is 1. The lowest BCUT2D eigenvalue weighted by molar-refractivity contribution is 0.0925. The van der Waals surface area contributed by atoms with Gasteiger partial charge in [-0.1, -0.05) is 24.3 Å². The van der Waals surface area contributed by atoms with Crippen molar-refractivity contribution in [1.29, 1.82) is 0 Å². The van der Waals surface area contributed by atoms with Gasteiger partial charge in [0, 0.05) is 11.9 Å². The van der Waals surface area contributed by atoms with Gasteiger partial charge in [0.2, 0.25) is 10.0 Å². The Labute approximate surface area is 139 Å². The molecule has 3 N–H and O–H groups in total. The van der Waals surface area contributed by atoms with Gasteiger partial charge in [-0.3, -0.25) is 4.79 Å². The molecule has 0 spiro atoms. The molecule has 3 rings (SSSR count). The Morgan fingerprint density at radius 3 is 2.50 bits per heavy atom. The van der Waals surface area contributed by atoms with E-state index >= 15 is 0 Å². The summed E-state index contributed by atoms with van der Waals surface area (Å²) in [6.45, 7) is 2.20. The summed E-state index contributed by atoms with van der Waals surface area (Å²) < 4.78 is 28.0. The summed E-state index contributed by atoms with van der Waals surface area (Å²) in [5, 5.41) is 8.64. The van der Waals surface area contributed by atoms with Gasteiger partial charge >= 0.3 is 0 Å². The normalized spacial score (nSPS) is 11.6. The van der Waals surface area contributed by atoms with Crippen LogP contribution < -0.4 is 10.5 Å². The number of nitrogens with one attached hydrogen (secondary N) is 1. The average Bonchev–Trinajstić information content (AvgIpc) is 2.95. The first-order chi connectivity index (χ1) is 11.3. The van der Waals surface area contributed by atoms with Gasteiger partial charge in [0.15, 0.2) is 5.76 Å². The van der Waals surface area contributed by atoms with E-state index in [1.54, 1.807) is 18.2 Å². The molecule has 1 amide bonds. The van der Waals surface area contributed by atoms with Gasteiger partial charge in [0.1, 0.15) is 5.58 Å². The van der Waals surface area contributed by atoms with E-state index in [9.17, 15) is 13.2 Å². The Bertz CT molecular complexity index is 1000. The van der Waals surface area contributed by atoms with E-state index < -0.39 is 10.0 Å². The maximum Gasteiger partial charge on any atom is 0.287 e. The fourth-order valence-corrected chi connectivity index (χ4v) is 2.83. The van der Waals surface area contributed by atoms with Crippen molar-refractivity contribution in [3.63, 3.8) is 0 Å². The van der Waals surface area contributed by atoms with Crippen LogP contribution in [-0.4, -0.2) is 14.3 Å². The van der Waals surface area contributed by atoms with Gasteiger partial charge < -0.3 is 9.73 Å². The van der Waals surface area contributed by atoms with Crippen molar-refractivity contribution < 1.29 is 17.6 Å². The highest BCUT2D eigenvalue weighted by Gasteiger charge is 2.12. The predicted octanol–water partition coefficient (Wildman–Crippen LogP) is 2.32. The molecule has 0 saturated carbocycles. The molecule has 0 saturated heterocycles. The van der Waals surface area contributed by atoms with Crippen LogP contribution in [0.3, 0.4) is 0 Å². The van der Waals surface area contributed by atoms with E-state index in [0.29, 0.717) is 5.58 Å². The molecule has 0 fully saturated rings. The van der Waals surface area contributed by atoms with E-state index in [-0.39, 0.29) is 23.1 Å². The smallest absolute Gasteiger partial charge is 0.287 e. The first kappa shape index (κ1) is 16.2. The third-order valence-corrected chi connectivity index (χ3v) is 4.53. The minimum atomic E-state index is -3.71. The minimum Gasteiger partial charge on any atom is -0.451 e. The van der Waals surface area contributed by atoms with Crippen molar-refractivity contribution in [2.45, 2.75) is 18.4 Å². The van der Waals surface area contributed by atoms with E-state index in [1.165, 1.54) is 12.1 Å². The van der Waals surface area contributed by atoms with E-state index in [0.717, 1.165) is 16.5 Å². The number of hydrogen-bond acceptors (Lipinski definition) is 4. The third-order valence-electron chi connectivity index (χ3n) is 3.60. The highest BCUT2D eigenvalue weighted by Crippen LogP contribution is 2.20. The summed E-state index contributed by atoms with van der Waals surface area (Å²) in [6.07, 6.45) is 0. The maximum atomic E-state index is 12.2. The van der Waals surface area contributed by atoms with Crippen molar-refractivity contribution in [2.75, 3.05) is 0 Å². The quantitative estimate of drug-likeness (QED) is 0.758. The number of hydrogen-bond donors (Lipinski definition) is 2. The number of carbonyl (C=O) groups is 1. The van der Waals surface area contributed by atoms with E-state index in [4.69, 9.17) is 9.56 Å². The lowest BCUT2D eigenvalue weighted by Gasteiger charge is -2.04. The molecule has 0 radical (unpaired) electrons. The molecule has 0 bridgehead atoms. The third kappa shape index (κ3) is 3.47. The highest BCUT2D eigenvalue weighted by molar-refractivity contribution is 7.89. The van der Waals surface area contributed by atoms with Gasteiger partial charge in [-0.15, -0.1) is 0 Å². The zero-order valence-electron chi connectivity index (χ0n) is 12.9. The topological polar surface area (TPSA) is 102 Å². The summed E-state index contributed by atoms with van der Waals surface area (Å²) in [7, 11) is -3.71. The number of amides is 1. The molecule has 7 heteroatoms. The Kier molecular flexibility index (Phi) is 4.13. The number of carbonyl (C=O) groups excluding carboxylic acids is 1. The van der Waals surface area contributed by atoms with Crippen LogP contribution in [-0.2, 0) is 16.6 Å². The molecular weight excluding hydrogens is 328 g/mol. The van der Waals surface area contributed by atoms with Crippen molar-refractivity contribution in [3.05, 3.63) is 65.4 Å². The van der Waals surface area contributed by atoms with Gasteiger partial charge in [-0.25, -0.2) is 13.6 Å². The number of aryl methyl sites for hydroxylation is 1. The molecule has 124 valence electrons. The SMILES string of the molecule is Cc1ccc2cc(C(=O)NCc3ccc(S(N)(=O)=O)cc3)oc2c1. The standard InChI is InChI=1S/C17H16N2O4S/c1-11-2-5-13-9-16(23-15(13)8-11)17(20)19-10-12-3-6-14(7-4-12)24(18,21)22/h2-9H,10H2,1H3,(H,19,20)(H2,18,21,22). The number of nitrogens with two attached hydrogens (primary N) is 1. The molecule has 24 heavy (non-hydrogen) atoms. The molecule has 0 aliphatic carbocycles. The lowest BCUT2D eigenvalue weighted by Crippen LogP contribution is -2.22. The van der Waals surface area contributed by atoms with Crippen molar-refractivity contribution in [3.8, 4) is 0 Å². The van der Waals surface area contributed by atoms with Gasteiger partial charge in [0.25, 0.3) is 5.91 Å². The first-order valence-corrected chi connectivity index (χ1v) is 8.78.